The van der Waals surface area contributed by atoms with Gasteiger partial charge in [0, 0.05) is 18.8 Å². The van der Waals surface area contributed by atoms with Gasteiger partial charge in [-0.25, -0.2) is 4.39 Å². The van der Waals surface area contributed by atoms with Crippen molar-refractivity contribution in [3.63, 3.8) is 0 Å². The summed E-state index contributed by atoms with van der Waals surface area (Å²) >= 11 is 0. The molecular weight excluding hydrogens is 415 g/mol. The number of hydrogen-bond donors (Lipinski definition) is 1. The summed E-state index contributed by atoms with van der Waals surface area (Å²) in [6.45, 7) is -0.390. The second-order valence-electron chi connectivity index (χ2n) is 6.72. The van der Waals surface area contributed by atoms with Gasteiger partial charge < -0.3 is 24.4 Å². The second kappa shape index (κ2) is 10.3. The van der Waals surface area contributed by atoms with E-state index >= 15 is 0 Å². The van der Waals surface area contributed by atoms with Crippen LogP contribution in [-0.2, 0) is 4.79 Å². The Bertz CT molecular complexity index is 1120. The third-order valence-corrected chi connectivity index (χ3v) is 4.68. The summed E-state index contributed by atoms with van der Waals surface area (Å²) in [6.07, 6.45) is 0. The van der Waals surface area contributed by atoms with Crippen LogP contribution in [0.5, 0.6) is 17.2 Å². The molecule has 0 saturated carbocycles. The van der Waals surface area contributed by atoms with Crippen LogP contribution in [0, 0.1) is 5.82 Å². The molecule has 2 amide bonds. The normalized spacial score (nSPS) is 10.2. The van der Waals surface area contributed by atoms with Gasteiger partial charge in [0.2, 0.25) is 0 Å². The quantitative estimate of drug-likeness (QED) is 0.572. The summed E-state index contributed by atoms with van der Waals surface area (Å²) < 4.78 is 29.8. The predicted octanol–water partition coefficient (Wildman–Crippen LogP) is 4.14. The molecule has 0 radical (unpaired) electrons. The molecule has 0 spiro atoms. The number of halogens is 1. The lowest BCUT2D eigenvalue weighted by Gasteiger charge is -2.20. The smallest absolute Gasteiger partial charge is 0.262 e. The van der Waals surface area contributed by atoms with Crippen molar-refractivity contribution in [2.75, 3.05) is 38.1 Å². The Morgan fingerprint density at radius 3 is 2.31 bits per heavy atom. The van der Waals surface area contributed by atoms with Gasteiger partial charge in [0.1, 0.15) is 11.6 Å². The lowest BCUT2D eigenvalue weighted by Crippen LogP contribution is -2.27. The zero-order chi connectivity index (χ0) is 23.1. The monoisotopic (exact) mass is 438 g/mol. The van der Waals surface area contributed by atoms with Gasteiger partial charge >= 0.3 is 0 Å². The van der Waals surface area contributed by atoms with E-state index < -0.39 is 18.3 Å². The molecule has 166 valence electrons. The van der Waals surface area contributed by atoms with Crippen LogP contribution >= 0.6 is 0 Å². The number of anilines is 2. The summed E-state index contributed by atoms with van der Waals surface area (Å²) in [5, 5.41) is 2.44. The Balaban J connectivity index is 1.73. The maximum absolute atomic E-state index is 13.7. The molecule has 0 saturated heterocycles. The van der Waals surface area contributed by atoms with Crippen molar-refractivity contribution in [3.8, 4) is 17.2 Å². The van der Waals surface area contributed by atoms with Crippen LogP contribution in [0.15, 0.2) is 66.7 Å². The molecule has 0 aromatic heterocycles. The maximum atomic E-state index is 13.7. The van der Waals surface area contributed by atoms with Gasteiger partial charge in [0.05, 0.1) is 25.5 Å². The van der Waals surface area contributed by atoms with Gasteiger partial charge in [-0.05, 0) is 36.4 Å². The van der Waals surface area contributed by atoms with Crippen LogP contribution in [0.3, 0.4) is 0 Å². The van der Waals surface area contributed by atoms with Crippen molar-refractivity contribution in [3.05, 3.63) is 78.1 Å². The van der Waals surface area contributed by atoms with Crippen LogP contribution in [0.4, 0.5) is 15.8 Å². The van der Waals surface area contributed by atoms with Gasteiger partial charge in [-0.3, -0.25) is 9.59 Å². The van der Waals surface area contributed by atoms with E-state index in [1.807, 2.05) is 0 Å². The van der Waals surface area contributed by atoms with E-state index in [-0.39, 0.29) is 22.9 Å². The van der Waals surface area contributed by atoms with Gasteiger partial charge in [-0.2, -0.15) is 0 Å². The molecule has 0 aliphatic rings. The van der Waals surface area contributed by atoms with Crippen molar-refractivity contribution in [1.82, 2.24) is 0 Å². The number of methoxy groups -OCH3 is 2. The number of amides is 2. The number of rotatable bonds is 8. The van der Waals surface area contributed by atoms with Crippen LogP contribution in [-0.4, -0.2) is 39.7 Å². The van der Waals surface area contributed by atoms with Gasteiger partial charge in [0.15, 0.2) is 18.1 Å². The van der Waals surface area contributed by atoms with E-state index in [2.05, 4.69) is 5.32 Å². The second-order valence-corrected chi connectivity index (χ2v) is 6.72. The Kier molecular flexibility index (Phi) is 7.28. The van der Waals surface area contributed by atoms with E-state index in [4.69, 9.17) is 14.2 Å². The highest BCUT2D eigenvalue weighted by molar-refractivity contribution is 6.07. The number of carbonyl (C=O) groups is 2. The van der Waals surface area contributed by atoms with E-state index in [9.17, 15) is 14.0 Å². The largest absolute Gasteiger partial charge is 0.493 e. The Labute approximate surface area is 185 Å². The van der Waals surface area contributed by atoms with Gasteiger partial charge in [0.25, 0.3) is 11.8 Å². The van der Waals surface area contributed by atoms with Crippen molar-refractivity contribution in [2.45, 2.75) is 0 Å². The molecule has 3 rings (SSSR count). The molecule has 3 aromatic carbocycles. The lowest BCUT2D eigenvalue weighted by atomic mass is 10.1. The maximum Gasteiger partial charge on any atom is 0.262 e. The number of para-hydroxylation sites is 2. The summed E-state index contributed by atoms with van der Waals surface area (Å²) in [5.74, 6) is -0.185. The summed E-state index contributed by atoms with van der Waals surface area (Å²) in [5.41, 5.74) is 0.905. The number of benzene rings is 3. The summed E-state index contributed by atoms with van der Waals surface area (Å²) in [7, 11) is 4.66. The molecule has 32 heavy (non-hydrogen) atoms. The molecule has 0 heterocycles. The zero-order valence-corrected chi connectivity index (χ0v) is 17.9. The molecular formula is C24H23FN2O5. The van der Waals surface area contributed by atoms with Crippen LogP contribution < -0.4 is 24.4 Å². The first-order valence-corrected chi connectivity index (χ1v) is 9.71. The van der Waals surface area contributed by atoms with Crippen LogP contribution in [0.1, 0.15) is 10.4 Å². The SMILES string of the molecule is COc1ccc(N(C)C(=O)c2ccccc2OCC(=O)Nc2ccccc2F)cc1OC. The first kappa shape index (κ1) is 22.6. The topological polar surface area (TPSA) is 77.1 Å². The highest BCUT2D eigenvalue weighted by Crippen LogP contribution is 2.32. The van der Waals surface area contributed by atoms with Crippen molar-refractivity contribution in [2.24, 2.45) is 0 Å². The van der Waals surface area contributed by atoms with Crippen molar-refractivity contribution >= 4 is 23.2 Å². The molecule has 0 aliphatic carbocycles. The Morgan fingerprint density at radius 1 is 0.906 bits per heavy atom. The third-order valence-electron chi connectivity index (χ3n) is 4.68. The van der Waals surface area contributed by atoms with Gasteiger partial charge in [-0.1, -0.05) is 24.3 Å². The molecule has 0 bridgehead atoms. The number of ether oxygens (including phenoxy) is 3. The minimum Gasteiger partial charge on any atom is -0.493 e. The molecule has 8 heteroatoms. The molecule has 3 aromatic rings. The average molecular weight is 438 g/mol. The minimum absolute atomic E-state index is 0.0543. The van der Waals surface area contributed by atoms with Crippen LogP contribution in [0.2, 0.25) is 0 Å². The molecule has 0 unspecified atom stereocenters. The van der Waals surface area contributed by atoms with Crippen molar-refractivity contribution < 1.29 is 28.2 Å². The first-order valence-electron chi connectivity index (χ1n) is 9.71. The average Bonchev–Trinajstić information content (AvgIpc) is 2.83. The Morgan fingerprint density at radius 2 is 1.59 bits per heavy atom. The molecule has 0 aliphatic heterocycles. The lowest BCUT2D eigenvalue weighted by molar-refractivity contribution is -0.118. The summed E-state index contributed by atoms with van der Waals surface area (Å²) in [4.78, 5) is 26.7. The fraction of sp³-hybridized carbons (Fsp3) is 0.167. The van der Waals surface area contributed by atoms with E-state index in [1.165, 1.54) is 37.3 Å². The fourth-order valence-electron chi connectivity index (χ4n) is 2.99. The number of nitrogens with one attached hydrogen (secondary N) is 1. The number of nitrogens with zero attached hydrogens (tertiary/aromatic N) is 1. The van der Waals surface area contributed by atoms with E-state index in [0.29, 0.717) is 17.2 Å². The standard InChI is InChI=1S/C24H23FN2O5/c1-27(16-12-13-21(30-2)22(14-16)31-3)24(29)17-8-4-7-11-20(17)32-15-23(28)26-19-10-6-5-9-18(19)25/h4-14H,15H2,1-3H3,(H,26,28). The highest BCUT2D eigenvalue weighted by Gasteiger charge is 2.20. The fourth-order valence-corrected chi connectivity index (χ4v) is 2.99. The molecule has 0 atom stereocenters. The summed E-state index contributed by atoms with van der Waals surface area (Å²) in [6, 6.07) is 17.5. The number of hydrogen-bond acceptors (Lipinski definition) is 5. The zero-order valence-electron chi connectivity index (χ0n) is 17.9. The van der Waals surface area contributed by atoms with Crippen molar-refractivity contribution in [1.29, 1.82) is 0 Å². The molecule has 0 fully saturated rings. The first-order chi connectivity index (χ1) is 15.4. The van der Waals surface area contributed by atoms with E-state index in [1.54, 1.807) is 55.6 Å². The predicted molar refractivity (Wildman–Crippen MR) is 119 cm³/mol. The van der Waals surface area contributed by atoms with Crippen LogP contribution in [0.25, 0.3) is 0 Å². The Hall–Kier alpha value is -4.07. The van der Waals surface area contributed by atoms with Gasteiger partial charge in [-0.15, -0.1) is 0 Å². The van der Waals surface area contributed by atoms with E-state index in [0.717, 1.165) is 0 Å². The highest BCUT2D eigenvalue weighted by atomic mass is 19.1. The molecule has 1 N–H and O–H groups in total. The third kappa shape index (κ3) is 5.15. The minimum atomic E-state index is -0.550. The number of carbonyl (C=O) groups excluding carboxylic acids is 2. The molecule has 7 nitrogen and oxygen atoms in total.